The third-order valence-electron chi connectivity index (χ3n) is 1.44. The van der Waals surface area contributed by atoms with E-state index in [9.17, 15) is 4.79 Å². The lowest BCUT2D eigenvalue weighted by Gasteiger charge is -2.10. The first-order chi connectivity index (χ1) is 6.22. The number of ether oxygens (including phenoxy) is 1. The Balaban J connectivity index is 3.32. The Morgan fingerprint density at radius 3 is 3.00 bits per heavy atom. The minimum Gasteiger partial charge on any atom is -0.468 e. The molecule has 0 heterocycles. The number of carbonyl (C=O) groups excluding carboxylic acids is 1. The molecule has 0 aliphatic heterocycles. The average molecular weight is 201 g/mol. The molecule has 4 heteroatoms. The summed E-state index contributed by atoms with van der Waals surface area (Å²) in [6, 6.07) is -0.239. The molecule has 0 aliphatic rings. The lowest BCUT2D eigenvalue weighted by atomic mass is 10.3. The molecule has 0 radical (unpaired) electrons. The SMILES string of the molecule is C#CCSCCNC(C)C(=O)OC. The van der Waals surface area contributed by atoms with Crippen molar-refractivity contribution in [1.29, 1.82) is 0 Å². The third-order valence-corrected chi connectivity index (χ3v) is 2.30. The minimum absolute atomic E-state index is 0.234. The van der Waals surface area contributed by atoms with Crippen LogP contribution in [0.3, 0.4) is 0 Å². The molecule has 0 saturated carbocycles. The number of methoxy groups -OCH3 is 1. The highest BCUT2D eigenvalue weighted by molar-refractivity contribution is 7.99. The maximum absolute atomic E-state index is 10.9. The molecule has 0 spiro atoms. The molecule has 0 aromatic carbocycles. The van der Waals surface area contributed by atoms with Gasteiger partial charge in [-0.25, -0.2) is 0 Å². The smallest absolute Gasteiger partial charge is 0.322 e. The fourth-order valence-electron chi connectivity index (χ4n) is 0.739. The topological polar surface area (TPSA) is 38.3 Å². The fourth-order valence-corrected chi connectivity index (χ4v) is 1.26. The highest BCUT2D eigenvalue weighted by Gasteiger charge is 2.10. The van der Waals surface area contributed by atoms with Gasteiger partial charge in [0.25, 0.3) is 0 Å². The molecule has 1 N–H and O–H groups in total. The fraction of sp³-hybridized carbons (Fsp3) is 0.667. The molecule has 0 saturated heterocycles. The van der Waals surface area contributed by atoms with E-state index in [0.29, 0.717) is 5.75 Å². The number of rotatable bonds is 6. The van der Waals surface area contributed by atoms with E-state index < -0.39 is 0 Å². The van der Waals surface area contributed by atoms with Crippen molar-refractivity contribution in [2.24, 2.45) is 0 Å². The Morgan fingerprint density at radius 1 is 1.77 bits per heavy atom. The maximum atomic E-state index is 10.9. The van der Waals surface area contributed by atoms with Gasteiger partial charge in [0.2, 0.25) is 0 Å². The van der Waals surface area contributed by atoms with Crippen molar-refractivity contribution in [3.8, 4) is 12.3 Å². The predicted molar refractivity (Wildman–Crippen MR) is 55.6 cm³/mol. The number of terminal acetylenes is 1. The van der Waals surface area contributed by atoms with Crippen LogP contribution < -0.4 is 5.32 Å². The van der Waals surface area contributed by atoms with Crippen LogP contribution in [0.25, 0.3) is 0 Å². The van der Waals surface area contributed by atoms with Gasteiger partial charge >= 0.3 is 5.97 Å². The van der Waals surface area contributed by atoms with Gasteiger partial charge in [0.05, 0.1) is 12.9 Å². The van der Waals surface area contributed by atoms with Crippen LogP contribution in [0, 0.1) is 12.3 Å². The van der Waals surface area contributed by atoms with Crippen LogP contribution in [0.1, 0.15) is 6.92 Å². The Kier molecular flexibility index (Phi) is 7.56. The number of carbonyl (C=O) groups is 1. The van der Waals surface area contributed by atoms with Crippen molar-refractivity contribution in [2.45, 2.75) is 13.0 Å². The largest absolute Gasteiger partial charge is 0.468 e. The van der Waals surface area contributed by atoms with E-state index in [0.717, 1.165) is 12.3 Å². The van der Waals surface area contributed by atoms with Gasteiger partial charge in [0.15, 0.2) is 0 Å². The first-order valence-electron chi connectivity index (χ1n) is 4.04. The van der Waals surface area contributed by atoms with Crippen molar-refractivity contribution in [1.82, 2.24) is 5.32 Å². The summed E-state index contributed by atoms with van der Waals surface area (Å²) in [5, 5.41) is 3.03. The van der Waals surface area contributed by atoms with E-state index in [4.69, 9.17) is 6.42 Å². The quantitative estimate of drug-likeness (QED) is 0.386. The van der Waals surface area contributed by atoms with Gasteiger partial charge in [0, 0.05) is 12.3 Å². The normalized spacial score (nSPS) is 11.8. The van der Waals surface area contributed by atoms with E-state index in [2.05, 4.69) is 16.0 Å². The van der Waals surface area contributed by atoms with E-state index in [1.54, 1.807) is 18.7 Å². The molecule has 13 heavy (non-hydrogen) atoms. The van der Waals surface area contributed by atoms with Crippen LogP contribution in [-0.2, 0) is 9.53 Å². The molecule has 0 aromatic heterocycles. The van der Waals surface area contributed by atoms with Gasteiger partial charge in [-0.05, 0) is 6.92 Å². The molecule has 0 aliphatic carbocycles. The average Bonchev–Trinajstić information content (AvgIpc) is 2.16. The van der Waals surface area contributed by atoms with Crippen molar-refractivity contribution < 1.29 is 9.53 Å². The Hall–Kier alpha value is -0.660. The second kappa shape index (κ2) is 7.96. The summed E-state index contributed by atoms with van der Waals surface area (Å²) in [5.74, 6) is 3.92. The van der Waals surface area contributed by atoms with Crippen LogP contribution in [-0.4, -0.2) is 37.2 Å². The second-order valence-corrected chi connectivity index (χ2v) is 3.56. The molecule has 0 fully saturated rings. The zero-order valence-corrected chi connectivity index (χ0v) is 8.82. The van der Waals surface area contributed by atoms with E-state index in [1.807, 2.05) is 0 Å². The molecular weight excluding hydrogens is 186 g/mol. The van der Waals surface area contributed by atoms with Gasteiger partial charge in [-0.3, -0.25) is 4.79 Å². The van der Waals surface area contributed by atoms with Crippen LogP contribution >= 0.6 is 11.8 Å². The number of esters is 1. The number of nitrogens with one attached hydrogen (secondary N) is 1. The molecular formula is C9H15NO2S. The predicted octanol–water partition coefficient (Wildman–Crippen LogP) is 0.504. The zero-order chi connectivity index (χ0) is 10.1. The van der Waals surface area contributed by atoms with E-state index in [-0.39, 0.29) is 12.0 Å². The zero-order valence-electron chi connectivity index (χ0n) is 8.00. The van der Waals surface area contributed by atoms with Crippen molar-refractivity contribution in [3.05, 3.63) is 0 Å². The summed E-state index contributed by atoms with van der Waals surface area (Å²) in [5.41, 5.74) is 0. The van der Waals surface area contributed by atoms with E-state index >= 15 is 0 Å². The number of hydrogen-bond donors (Lipinski definition) is 1. The van der Waals surface area contributed by atoms with Crippen LogP contribution in [0.5, 0.6) is 0 Å². The third kappa shape index (κ3) is 6.50. The summed E-state index contributed by atoms with van der Waals surface area (Å²) in [4.78, 5) is 10.9. The molecule has 1 atom stereocenters. The molecule has 0 bridgehead atoms. The van der Waals surface area contributed by atoms with Crippen LogP contribution in [0.4, 0.5) is 0 Å². The standard InChI is InChI=1S/C9H15NO2S/c1-4-6-13-7-5-10-8(2)9(11)12-3/h1,8,10H,5-7H2,2-3H3. The highest BCUT2D eigenvalue weighted by atomic mass is 32.2. The van der Waals surface area contributed by atoms with Crippen LogP contribution in [0.15, 0.2) is 0 Å². The molecule has 0 aromatic rings. The molecule has 0 rings (SSSR count). The van der Waals surface area contributed by atoms with Crippen molar-refractivity contribution in [2.75, 3.05) is 25.2 Å². The summed E-state index contributed by atoms with van der Waals surface area (Å²) >= 11 is 1.66. The van der Waals surface area contributed by atoms with Crippen molar-refractivity contribution >= 4 is 17.7 Å². The first-order valence-corrected chi connectivity index (χ1v) is 5.20. The lowest BCUT2D eigenvalue weighted by Crippen LogP contribution is -2.36. The number of thioether (sulfide) groups is 1. The molecule has 74 valence electrons. The highest BCUT2D eigenvalue weighted by Crippen LogP contribution is 1.96. The van der Waals surface area contributed by atoms with Crippen LogP contribution in [0.2, 0.25) is 0 Å². The Morgan fingerprint density at radius 2 is 2.46 bits per heavy atom. The minimum atomic E-state index is -0.239. The lowest BCUT2D eigenvalue weighted by molar-refractivity contribution is -0.142. The Bertz CT molecular complexity index is 189. The molecule has 3 nitrogen and oxygen atoms in total. The van der Waals surface area contributed by atoms with Crippen molar-refractivity contribution in [3.63, 3.8) is 0 Å². The van der Waals surface area contributed by atoms with E-state index in [1.165, 1.54) is 7.11 Å². The molecule has 0 amide bonds. The summed E-state index contributed by atoms with van der Waals surface area (Å²) in [6.45, 7) is 2.54. The second-order valence-electron chi connectivity index (χ2n) is 2.46. The van der Waals surface area contributed by atoms with Gasteiger partial charge < -0.3 is 10.1 Å². The Labute approximate surface area is 83.6 Å². The maximum Gasteiger partial charge on any atom is 0.322 e. The van der Waals surface area contributed by atoms with Gasteiger partial charge in [-0.2, -0.15) is 0 Å². The van der Waals surface area contributed by atoms with Gasteiger partial charge in [-0.1, -0.05) is 5.92 Å². The first kappa shape index (κ1) is 12.3. The summed E-state index contributed by atoms with van der Waals surface area (Å²) in [6.07, 6.45) is 5.07. The van der Waals surface area contributed by atoms with Gasteiger partial charge in [0.1, 0.15) is 6.04 Å². The summed E-state index contributed by atoms with van der Waals surface area (Å²) in [7, 11) is 1.38. The molecule has 1 unspecified atom stereocenters. The van der Waals surface area contributed by atoms with Gasteiger partial charge in [-0.15, -0.1) is 18.2 Å². The summed E-state index contributed by atoms with van der Waals surface area (Å²) < 4.78 is 4.55. The monoisotopic (exact) mass is 201 g/mol. The number of hydrogen-bond acceptors (Lipinski definition) is 4.